The quantitative estimate of drug-likeness (QED) is 0.278. The summed E-state index contributed by atoms with van der Waals surface area (Å²) in [6.45, 7) is 8.29. The molecule has 1 spiro atoms. The summed E-state index contributed by atoms with van der Waals surface area (Å²) >= 11 is 0. The van der Waals surface area contributed by atoms with Gasteiger partial charge in [-0.05, 0) is 51.0 Å². The van der Waals surface area contributed by atoms with Gasteiger partial charge in [-0.25, -0.2) is 19.7 Å². The van der Waals surface area contributed by atoms with Gasteiger partial charge in [-0.1, -0.05) is 18.1 Å². The summed E-state index contributed by atoms with van der Waals surface area (Å²) in [7, 11) is 1.87. The van der Waals surface area contributed by atoms with E-state index in [1.54, 1.807) is 22.7 Å². The molecule has 7 heterocycles. The maximum Gasteiger partial charge on any atom is 0.326 e. The summed E-state index contributed by atoms with van der Waals surface area (Å²) in [6, 6.07) is 10.6. The molecule has 4 aromatic heterocycles. The Morgan fingerprint density at radius 2 is 1.96 bits per heavy atom. The van der Waals surface area contributed by atoms with Crippen LogP contribution >= 0.6 is 0 Å². The van der Waals surface area contributed by atoms with Crippen LogP contribution in [-0.4, -0.2) is 92.5 Å². The minimum atomic E-state index is -0.973. The first-order valence-corrected chi connectivity index (χ1v) is 16.0. The number of hydrogen-bond donors (Lipinski definition) is 1. The first-order chi connectivity index (χ1) is 23.2. The van der Waals surface area contributed by atoms with Gasteiger partial charge >= 0.3 is 5.97 Å². The third kappa shape index (κ3) is 5.08. The van der Waals surface area contributed by atoms with Crippen LogP contribution in [0.2, 0.25) is 0 Å². The molecule has 3 fully saturated rings. The predicted molar refractivity (Wildman–Crippen MR) is 176 cm³/mol. The summed E-state index contributed by atoms with van der Waals surface area (Å²) in [5, 5.41) is 15.6. The lowest BCUT2D eigenvalue weighted by molar-refractivity contribution is -0.228. The molecule has 246 valence electrons. The molecular formula is C35H35N7O6. The van der Waals surface area contributed by atoms with Crippen LogP contribution in [0.15, 0.2) is 47.0 Å². The van der Waals surface area contributed by atoms with Crippen molar-refractivity contribution in [2.24, 2.45) is 7.05 Å². The van der Waals surface area contributed by atoms with E-state index in [9.17, 15) is 9.90 Å². The molecule has 1 N–H and O–H groups in total. The van der Waals surface area contributed by atoms with Crippen LogP contribution in [0, 0.1) is 25.7 Å². The average Bonchev–Trinajstić information content (AvgIpc) is 3.74. The minimum Gasteiger partial charge on any atom is -0.480 e. The fourth-order valence-electron chi connectivity index (χ4n) is 6.96. The number of para-hydroxylation sites is 1. The molecule has 3 aliphatic heterocycles. The molecule has 0 aliphatic carbocycles. The van der Waals surface area contributed by atoms with Gasteiger partial charge in [0.15, 0.2) is 11.4 Å². The van der Waals surface area contributed by atoms with Crippen LogP contribution < -0.4 is 14.5 Å². The van der Waals surface area contributed by atoms with Crippen molar-refractivity contribution in [3.63, 3.8) is 0 Å². The normalized spacial score (nSPS) is 21.8. The maximum atomic E-state index is 12.7. The van der Waals surface area contributed by atoms with Crippen molar-refractivity contribution < 1.29 is 28.5 Å². The van der Waals surface area contributed by atoms with Gasteiger partial charge in [-0.2, -0.15) is 5.10 Å². The van der Waals surface area contributed by atoms with E-state index in [-0.39, 0.29) is 19.0 Å². The molecule has 1 aromatic carbocycles. The number of aliphatic carboxylic acids is 1. The Labute approximate surface area is 276 Å². The molecular weight excluding hydrogens is 614 g/mol. The number of furan rings is 1. The SMILES string of the molecule is Cc1cc(C#Cc2cnc(OC3C[C@@H](C(=O)O)N(c4nc(C)nc5c4oc4ccccc45)C3)c(N3CCOC4(COC4)[C@@H]3C)c2)n(C)n1. The lowest BCUT2D eigenvalue weighted by Gasteiger charge is -2.53. The monoisotopic (exact) mass is 649 g/mol. The number of morpholine rings is 1. The van der Waals surface area contributed by atoms with Crippen molar-refractivity contribution in [1.29, 1.82) is 0 Å². The number of benzene rings is 1. The fraction of sp³-hybridized carbons (Fsp3) is 0.400. The first kappa shape index (κ1) is 30.2. The molecule has 3 saturated heterocycles. The third-order valence-corrected chi connectivity index (χ3v) is 9.53. The number of anilines is 2. The molecule has 8 rings (SSSR count). The second kappa shape index (κ2) is 11.5. The zero-order chi connectivity index (χ0) is 33.2. The smallest absolute Gasteiger partial charge is 0.326 e. The van der Waals surface area contributed by atoms with E-state index in [4.69, 9.17) is 23.6 Å². The summed E-state index contributed by atoms with van der Waals surface area (Å²) in [5.41, 5.74) is 4.53. The van der Waals surface area contributed by atoms with Crippen molar-refractivity contribution in [1.82, 2.24) is 24.7 Å². The van der Waals surface area contributed by atoms with Crippen molar-refractivity contribution in [3.05, 3.63) is 65.4 Å². The fourth-order valence-corrected chi connectivity index (χ4v) is 6.96. The molecule has 3 atom stereocenters. The minimum absolute atomic E-state index is 0.0238. The van der Waals surface area contributed by atoms with Gasteiger partial charge in [0.2, 0.25) is 5.88 Å². The Bertz CT molecular complexity index is 2130. The summed E-state index contributed by atoms with van der Waals surface area (Å²) in [6.07, 6.45) is 1.41. The lowest BCUT2D eigenvalue weighted by atomic mass is 9.90. The van der Waals surface area contributed by atoms with E-state index in [1.807, 2.05) is 50.4 Å². The molecule has 5 aromatic rings. The van der Waals surface area contributed by atoms with Crippen LogP contribution in [0.5, 0.6) is 5.88 Å². The van der Waals surface area contributed by atoms with Gasteiger partial charge in [0, 0.05) is 37.2 Å². The van der Waals surface area contributed by atoms with Gasteiger partial charge < -0.3 is 33.5 Å². The van der Waals surface area contributed by atoms with E-state index in [1.165, 1.54) is 0 Å². The number of nitrogens with zero attached hydrogens (tertiary/aromatic N) is 7. The second-order valence-electron chi connectivity index (χ2n) is 12.7. The second-order valence-corrected chi connectivity index (χ2v) is 12.7. The lowest BCUT2D eigenvalue weighted by Crippen LogP contribution is -2.68. The Balaban J connectivity index is 1.15. The van der Waals surface area contributed by atoms with Crippen molar-refractivity contribution in [3.8, 4) is 17.7 Å². The number of ether oxygens (including phenoxy) is 3. The number of aromatic nitrogens is 5. The molecule has 3 aliphatic rings. The van der Waals surface area contributed by atoms with Gasteiger partial charge in [0.25, 0.3) is 0 Å². The number of carbonyl (C=O) groups is 1. The molecule has 48 heavy (non-hydrogen) atoms. The van der Waals surface area contributed by atoms with E-state index in [0.717, 1.165) is 22.5 Å². The summed E-state index contributed by atoms with van der Waals surface area (Å²) < 4.78 is 26.4. The standard InChI is InChI=1S/C35H35N7O6/c1-20-13-24(40(4)39-20)10-9-23-14-27(41-11-12-46-35(21(41)2)18-45-19-35)33(36-16-23)47-25-15-28(34(43)44)42(17-25)32-31-30(37-22(3)38-32)26-7-5-6-8-29(26)48-31/h5-8,13-14,16,21,25,28H,11-12,15,17-19H2,1-4H3,(H,43,44)/t21-,25?,28-/m0/s1. The van der Waals surface area contributed by atoms with E-state index >= 15 is 0 Å². The number of fused-ring (bicyclic) bond motifs is 3. The third-order valence-electron chi connectivity index (χ3n) is 9.53. The molecule has 13 heteroatoms. The van der Waals surface area contributed by atoms with Crippen LogP contribution in [0.4, 0.5) is 11.5 Å². The Morgan fingerprint density at radius 1 is 1.12 bits per heavy atom. The van der Waals surface area contributed by atoms with Crippen LogP contribution in [-0.2, 0) is 21.3 Å². The summed E-state index contributed by atoms with van der Waals surface area (Å²) in [4.78, 5) is 30.7. The zero-order valence-corrected chi connectivity index (χ0v) is 27.1. The molecule has 0 amide bonds. The molecule has 13 nitrogen and oxygen atoms in total. The van der Waals surface area contributed by atoms with Crippen LogP contribution in [0.1, 0.15) is 36.1 Å². The van der Waals surface area contributed by atoms with Crippen molar-refractivity contribution >= 4 is 39.5 Å². The highest BCUT2D eigenvalue weighted by molar-refractivity contribution is 6.06. The highest BCUT2D eigenvalue weighted by Crippen LogP contribution is 2.40. The highest BCUT2D eigenvalue weighted by Gasteiger charge is 2.50. The van der Waals surface area contributed by atoms with E-state index in [0.29, 0.717) is 66.1 Å². The number of rotatable bonds is 5. The first-order valence-electron chi connectivity index (χ1n) is 16.0. The van der Waals surface area contributed by atoms with Gasteiger partial charge in [0.05, 0.1) is 38.1 Å². The highest BCUT2D eigenvalue weighted by atomic mass is 16.6. The van der Waals surface area contributed by atoms with Gasteiger partial charge in [0.1, 0.15) is 46.1 Å². The molecule has 0 radical (unpaired) electrons. The largest absolute Gasteiger partial charge is 0.480 e. The molecule has 1 unspecified atom stereocenters. The molecule has 0 saturated carbocycles. The zero-order valence-electron chi connectivity index (χ0n) is 27.1. The van der Waals surface area contributed by atoms with Crippen LogP contribution in [0.3, 0.4) is 0 Å². The predicted octanol–water partition coefficient (Wildman–Crippen LogP) is 3.63. The van der Waals surface area contributed by atoms with Gasteiger partial charge in [-0.15, -0.1) is 0 Å². The number of carboxylic acids is 1. The van der Waals surface area contributed by atoms with Crippen molar-refractivity contribution in [2.45, 2.75) is 51.0 Å². The Morgan fingerprint density at radius 3 is 2.71 bits per heavy atom. The maximum absolute atomic E-state index is 12.7. The van der Waals surface area contributed by atoms with E-state index < -0.39 is 23.7 Å². The Kier molecular flexibility index (Phi) is 7.23. The van der Waals surface area contributed by atoms with Crippen molar-refractivity contribution in [2.75, 3.05) is 42.7 Å². The average molecular weight is 650 g/mol. The topological polar surface area (TPSA) is 141 Å². The summed E-state index contributed by atoms with van der Waals surface area (Å²) in [5.74, 6) is 6.84. The van der Waals surface area contributed by atoms with Gasteiger partial charge in [-0.3, -0.25) is 4.68 Å². The van der Waals surface area contributed by atoms with Crippen LogP contribution in [0.25, 0.3) is 22.1 Å². The van der Waals surface area contributed by atoms with E-state index in [2.05, 4.69) is 38.7 Å². The molecule has 0 bridgehead atoms. The number of hydrogen-bond acceptors (Lipinski definition) is 11. The Hall–Kier alpha value is -5.19. The number of aryl methyl sites for hydroxylation is 3. The number of carboxylic acid groups (broad SMARTS) is 1. The number of pyridine rings is 1.